The Morgan fingerprint density at radius 1 is 1.03 bits per heavy atom. The Bertz CT molecular complexity index is 1040. The van der Waals surface area contributed by atoms with E-state index in [1.807, 2.05) is 38.0 Å². The van der Waals surface area contributed by atoms with Gasteiger partial charge in [-0.1, -0.05) is 12.8 Å². The first-order valence-corrected chi connectivity index (χ1v) is 10.5. The van der Waals surface area contributed by atoms with E-state index in [2.05, 4.69) is 10.00 Å². The van der Waals surface area contributed by atoms with Crippen molar-refractivity contribution in [2.45, 2.75) is 51.6 Å². The molecule has 1 atom stereocenters. The lowest BCUT2D eigenvalue weighted by molar-refractivity contribution is 0.0392. The molecule has 152 valence electrons. The number of rotatable bonds is 3. The quantitative estimate of drug-likeness (QED) is 0.676. The summed E-state index contributed by atoms with van der Waals surface area (Å²) < 4.78 is 7.81. The number of morpholine rings is 1. The van der Waals surface area contributed by atoms with Crippen LogP contribution in [0.5, 0.6) is 0 Å². The van der Waals surface area contributed by atoms with Crippen LogP contribution in [0, 0.1) is 13.8 Å². The molecule has 5 rings (SSSR count). The Hall–Kier alpha value is -2.61. The van der Waals surface area contributed by atoms with Crippen LogP contribution in [0.4, 0.5) is 5.95 Å². The molecule has 0 bridgehead atoms. The summed E-state index contributed by atoms with van der Waals surface area (Å²) in [6.45, 7) is 6.11. The third-order valence-corrected chi connectivity index (χ3v) is 6.15. The summed E-state index contributed by atoms with van der Waals surface area (Å²) in [5.41, 5.74) is 5.62. The molecular formula is C21H27N7O. The lowest BCUT2D eigenvalue weighted by atomic mass is 10.0. The second-order valence-electron chi connectivity index (χ2n) is 8.21. The molecule has 0 aromatic carbocycles. The van der Waals surface area contributed by atoms with Crippen molar-refractivity contribution < 1.29 is 4.74 Å². The highest BCUT2D eigenvalue weighted by Crippen LogP contribution is 2.37. The fourth-order valence-corrected chi connectivity index (χ4v) is 4.39. The van der Waals surface area contributed by atoms with Crippen LogP contribution in [-0.2, 0) is 11.8 Å². The van der Waals surface area contributed by atoms with Gasteiger partial charge < -0.3 is 9.64 Å². The SMILES string of the molecule is Cc1nc2nc(N3CCOC(c4cnn(C)c4)C3)nc(C3CCCC3)c2nc1C. The molecule has 1 saturated heterocycles. The van der Waals surface area contributed by atoms with E-state index in [-0.39, 0.29) is 6.10 Å². The molecule has 0 N–H and O–H groups in total. The van der Waals surface area contributed by atoms with E-state index in [0.29, 0.717) is 24.7 Å². The monoisotopic (exact) mass is 393 g/mol. The van der Waals surface area contributed by atoms with Crippen molar-refractivity contribution in [3.63, 3.8) is 0 Å². The zero-order valence-electron chi connectivity index (χ0n) is 17.3. The Balaban J connectivity index is 1.54. The van der Waals surface area contributed by atoms with Crippen LogP contribution in [0.2, 0.25) is 0 Å². The summed E-state index contributed by atoms with van der Waals surface area (Å²) in [5, 5.41) is 4.28. The second kappa shape index (κ2) is 7.33. The highest BCUT2D eigenvalue weighted by Gasteiger charge is 2.28. The van der Waals surface area contributed by atoms with Crippen molar-refractivity contribution in [2.75, 3.05) is 24.6 Å². The van der Waals surface area contributed by atoms with Crippen LogP contribution in [-0.4, -0.2) is 49.4 Å². The number of aromatic nitrogens is 6. The summed E-state index contributed by atoms with van der Waals surface area (Å²) in [7, 11) is 1.92. The fraction of sp³-hybridized carbons (Fsp3) is 0.571. The molecule has 8 nitrogen and oxygen atoms in total. The molecule has 1 aliphatic heterocycles. The third-order valence-electron chi connectivity index (χ3n) is 6.15. The first kappa shape index (κ1) is 18.4. The largest absolute Gasteiger partial charge is 0.370 e. The van der Waals surface area contributed by atoms with Crippen LogP contribution < -0.4 is 4.90 Å². The van der Waals surface area contributed by atoms with E-state index in [1.54, 1.807) is 0 Å². The van der Waals surface area contributed by atoms with E-state index in [4.69, 9.17) is 24.7 Å². The van der Waals surface area contributed by atoms with E-state index < -0.39 is 0 Å². The minimum atomic E-state index is -0.0301. The second-order valence-corrected chi connectivity index (χ2v) is 8.21. The summed E-state index contributed by atoms with van der Waals surface area (Å²) >= 11 is 0. The maximum absolute atomic E-state index is 6.00. The number of hydrogen-bond donors (Lipinski definition) is 0. The molecule has 0 radical (unpaired) electrons. The van der Waals surface area contributed by atoms with Crippen LogP contribution in [0.15, 0.2) is 12.4 Å². The highest BCUT2D eigenvalue weighted by molar-refractivity contribution is 5.75. The van der Waals surface area contributed by atoms with Gasteiger partial charge in [0, 0.05) is 31.3 Å². The van der Waals surface area contributed by atoms with E-state index in [9.17, 15) is 0 Å². The summed E-state index contributed by atoms with van der Waals surface area (Å²) in [6.07, 6.45) is 8.70. The van der Waals surface area contributed by atoms with Crippen molar-refractivity contribution in [3.05, 3.63) is 35.0 Å². The van der Waals surface area contributed by atoms with E-state index in [0.717, 1.165) is 40.7 Å². The molecule has 3 aromatic rings. The van der Waals surface area contributed by atoms with Gasteiger partial charge in [0.25, 0.3) is 0 Å². The van der Waals surface area contributed by atoms with Gasteiger partial charge in [-0.15, -0.1) is 0 Å². The maximum atomic E-state index is 6.00. The normalized spacial score (nSPS) is 20.7. The van der Waals surface area contributed by atoms with Gasteiger partial charge in [0.05, 0.1) is 36.4 Å². The Morgan fingerprint density at radius 3 is 2.59 bits per heavy atom. The number of ether oxygens (including phenoxy) is 1. The van der Waals surface area contributed by atoms with Crippen LogP contribution >= 0.6 is 0 Å². The highest BCUT2D eigenvalue weighted by atomic mass is 16.5. The van der Waals surface area contributed by atoms with Gasteiger partial charge in [-0.3, -0.25) is 4.68 Å². The van der Waals surface area contributed by atoms with Crippen molar-refractivity contribution in [1.29, 1.82) is 0 Å². The van der Waals surface area contributed by atoms with Gasteiger partial charge in [-0.05, 0) is 26.7 Å². The van der Waals surface area contributed by atoms with Crippen LogP contribution in [0.3, 0.4) is 0 Å². The fourth-order valence-electron chi connectivity index (χ4n) is 4.39. The predicted molar refractivity (Wildman–Crippen MR) is 110 cm³/mol. The van der Waals surface area contributed by atoms with Crippen molar-refractivity contribution in [1.82, 2.24) is 29.7 Å². The minimum Gasteiger partial charge on any atom is -0.370 e. The Morgan fingerprint density at radius 2 is 1.83 bits per heavy atom. The molecule has 1 saturated carbocycles. The molecule has 29 heavy (non-hydrogen) atoms. The first-order valence-electron chi connectivity index (χ1n) is 10.5. The topological polar surface area (TPSA) is 81.9 Å². The predicted octanol–water partition coefficient (Wildman–Crippen LogP) is 3.01. The van der Waals surface area contributed by atoms with Crippen LogP contribution in [0.1, 0.15) is 60.4 Å². The van der Waals surface area contributed by atoms with Gasteiger partial charge in [-0.25, -0.2) is 15.0 Å². The number of hydrogen-bond acceptors (Lipinski definition) is 7. The average molecular weight is 393 g/mol. The minimum absolute atomic E-state index is 0.0301. The van der Waals surface area contributed by atoms with E-state index in [1.165, 1.54) is 25.7 Å². The molecular weight excluding hydrogens is 366 g/mol. The maximum Gasteiger partial charge on any atom is 0.227 e. The molecule has 0 spiro atoms. The number of aryl methyl sites for hydroxylation is 3. The lowest BCUT2D eigenvalue weighted by Crippen LogP contribution is -2.39. The van der Waals surface area contributed by atoms with Crippen molar-refractivity contribution >= 4 is 17.1 Å². The molecule has 3 aromatic heterocycles. The smallest absolute Gasteiger partial charge is 0.227 e. The lowest BCUT2D eigenvalue weighted by Gasteiger charge is -2.33. The third kappa shape index (κ3) is 3.46. The van der Waals surface area contributed by atoms with Gasteiger partial charge in [0.2, 0.25) is 5.95 Å². The van der Waals surface area contributed by atoms with E-state index >= 15 is 0 Å². The molecule has 8 heteroatoms. The standard InChI is InChI=1S/C21H27N7O/c1-13-14(2)24-20-19(23-13)18(15-6-4-5-7-15)25-21(26-20)28-8-9-29-17(12-28)16-10-22-27(3)11-16/h10-11,15,17H,4-9,12H2,1-3H3. The average Bonchev–Trinajstić information content (AvgIpc) is 3.40. The van der Waals surface area contributed by atoms with Gasteiger partial charge in [-0.2, -0.15) is 10.1 Å². The molecule has 4 heterocycles. The summed E-state index contributed by atoms with van der Waals surface area (Å²) in [4.78, 5) is 21.7. The summed E-state index contributed by atoms with van der Waals surface area (Å²) in [5.74, 6) is 1.19. The number of anilines is 1. The number of nitrogens with zero attached hydrogens (tertiary/aromatic N) is 7. The molecule has 0 amide bonds. The first-order chi connectivity index (χ1) is 14.1. The van der Waals surface area contributed by atoms with Crippen LogP contribution in [0.25, 0.3) is 11.2 Å². The zero-order valence-corrected chi connectivity index (χ0v) is 17.3. The summed E-state index contributed by atoms with van der Waals surface area (Å²) in [6, 6.07) is 0. The molecule has 1 unspecified atom stereocenters. The molecule has 2 aliphatic rings. The number of fused-ring (bicyclic) bond motifs is 1. The molecule has 2 fully saturated rings. The van der Waals surface area contributed by atoms with Crippen molar-refractivity contribution in [2.24, 2.45) is 7.05 Å². The Kier molecular flexibility index (Phi) is 4.66. The van der Waals surface area contributed by atoms with Crippen molar-refractivity contribution in [3.8, 4) is 0 Å². The van der Waals surface area contributed by atoms with Gasteiger partial charge in [0.1, 0.15) is 11.6 Å². The van der Waals surface area contributed by atoms with Gasteiger partial charge >= 0.3 is 0 Å². The Labute approximate surface area is 170 Å². The molecule has 1 aliphatic carbocycles. The zero-order chi connectivity index (χ0) is 20.0. The van der Waals surface area contributed by atoms with Gasteiger partial charge in [0.15, 0.2) is 5.65 Å².